The van der Waals surface area contributed by atoms with Crippen molar-refractivity contribution in [3.63, 3.8) is 0 Å². The van der Waals surface area contributed by atoms with Gasteiger partial charge in [-0.25, -0.2) is 13.1 Å². The fourth-order valence-corrected chi connectivity index (χ4v) is 2.18. The summed E-state index contributed by atoms with van der Waals surface area (Å²) < 4.78 is 25.1. The van der Waals surface area contributed by atoms with E-state index in [1.165, 1.54) is 0 Å². The number of nitrogens with one attached hydrogen (secondary N) is 1. The molecule has 0 aliphatic carbocycles. The van der Waals surface area contributed by atoms with Crippen LogP contribution in [0.2, 0.25) is 0 Å². The fourth-order valence-electron chi connectivity index (χ4n) is 1.15. The van der Waals surface area contributed by atoms with Crippen LogP contribution >= 0.6 is 0 Å². The van der Waals surface area contributed by atoms with Gasteiger partial charge in [0.25, 0.3) is 0 Å². The summed E-state index contributed by atoms with van der Waals surface area (Å²) in [6, 6.07) is 3.20. The molecule has 84 valence electrons. The van der Waals surface area contributed by atoms with Gasteiger partial charge in [-0.05, 0) is 18.6 Å². The summed E-state index contributed by atoms with van der Waals surface area (Å²) >= 11 is 0. The van der Waals surface area contributed by atoms with Crippen molar-refractivity contribution < 1.29 is 13.5 Å². The van der Waals surface area contributed by atoms with Gasteiger partial charge in [0, 0.05) is 18.4 Å². The minimum absolute atomic E-state index is 0.280. The maximum Gasteiger partial charge on any atom is 0.214 e. The van der Waals surface area contributed by atoms with Crippen molar-refractivity contribution in [3.05, 3.63) is 30.1 Å². The van der Waals surface area contributed by atoms with Gasteiger partial charge in [0.2, 0.25) is 10.0 Å². The number of sulfonamides is 1. The van der Waals surface area contributed by atoms with Crippen molar-refractivity contribution in [1.29, 1.82) is 0 Å². The first kappa shape index (κ1) is 12.1. The third-order valence-electron chi connectivity index (χ3n) is 1.90. The Morgan fingerprint density at radius 1 is 1.60 bits per heavy atom. The van der Waals surface area contributed by atoms with E-state index in [2.05, 4.69) is 9.71 Å². The van der Waals surface area contributed by atoms with Gasteiger partial charge in [0.1, 0.15) is 0 Å². The number of aliphatic hydroxyl groups excluding tert-OH is 1. The van der Waals surface area contributed by atoms with E-state index in [0.29, 0.717) is 0 Å². The van der Waals surface area contributed by atoms with Gasteiger partial charge in [0.05, 0.1) is 12.4 Å². The first-order chi connectivity index (χ1) is 7.05. The Kier molecular flexibility index (Phi) is 4.19. The van der Waals surface area contributed by atoms with Crippen LogP contribution in [0.5, 0.6) is 0 Å². The molecule has 0 spiro atoms. The fraction of sp³-hybridized carbons (Fsp3) is 0.444. The lowest BCUT2D eigenvalue weighted by atomic mass is 10.2. The molecule has 1 rings (SSSR count). The average Bonchev–Trinajstić information content (AvgIpc) is 2.18. The van der Waals surface area contributed by atoms with Crippen LogP contribution in [0.4, 0.5) is 0 Å². The standard InChI is InChI=1S/C9H14N2O3S/c1-8(9-3-2-4-10-7-9)11-15(13,14)6-5-12/h2-4,7-8,11-12H,5-6H2,1H3. The molecular formula is C9H14N2O3S. The maximum atomic E-state index is 11.3. The monoisotopic (exact) mass is 230 g/mol. The highest BCUT2D eigenvalue weighted by molar-refractivity contribution is 7.89. The van der Waals surface area contributed by atoms with Gasteiger partial charge >= 0.3 is 0 Å². The molecule has 0 aromatic carbocycles. The SMILES string of the molecule is CC(NS(=O)(=O)CCO)c1cccnc1. The van der Waals surface area contributed by atoms with Gasteiger partial charge in [-0.3, -0.25) is 4.98 Å². The Morgan fingerprint density at radius 3 is 2.87 bits per heavy atom. The number of aliphatic hydroxyl groups is 1. The highest BCUT2D eigenvalue weighted by Gasteiger charge is 2.14. The summed E-state index contributed by atoms with van der Waals surface area (Å²) in [7, 11) is -3.41. The largest absolute Gasteiger partial charge is 0.395 e. The van der Waals surface area contributed by atoms with Gasteiger partial charge in [0.15, 0.2) is 0 Å². The van der Waals surface area contributed by atoms with Crippen molar-refractivity contribution in [2.75, 3.05) is 12.4 Å². The van der Waals surface area contributed by atoms with Gasteiger partial charge in [-0.1, -0.05) is 6.07 Å². The summed E-state index contributed by atoms with van der Waals surface area (Å²) in [6.07, 6.45) is 3.23. The number of aromatic nitrogens is 1. The molecule has 0 radical (unpaired) electrons. The lowest BCUT2D eigenvalue weighted by molar-refractivity contribution is 0.319. The van der Waals surface area contributed by atoms with Crippen LogP contribution in [0.25, 0.3) is 0 Å². The third-order valence-corrected chi connectivity index (χ3v) is 3.33. The van der Waals surface area contributed by atoms with Gasteiger partial charge < -0.3 is 5.11 Å². The van der Waals surface area contributed by atoms with Crippen molar-refractivity contribution in [3.8, 4) is 0 Å². The smallest absolute Gasteiger partial charge is 0.214 e. The molecule has 0 amide bonds. The molecule has 1 atom stereocenters. The summed E-state index contributed by atoms with van der Waals surface area (Å²) in [5, 5.41) is 8.55. The van der Waals surface area contributed by atoms with E-state index >= 15 is 0 Å². The Balaban J connectivity index is 2.68. The van der Waals surface area contributed by atoms with Gasteiger partial charge in [-0.15, -0.1) is 0 Å². The van der Waals surface area contributed by atoms with Crippen molar-refractivity contribution in [1.82, 2.24) is 9.71 Å². The van der Waals surface area contributed by atoms with Crippen LogP contribution in [-0.4, -0.2) is 30.9 Å². The predicted molar refractivity (Wildman–Crippen MR) is 56.7 cm³/mol. The minimum Gasteiger partial charge on any atom is -0.395 e. The quantitative estimate of drug-likeness (QED) is 0.749. The van der Waals surface area contributed by atoms with E-state index in [9.17, 15) is 8.42 Å². The molecule has 6 heteroatoms. The maximum absolute atomic E-state index is 11.3. The third kappa shape index (κ3) is 3.94. The molecule has 5 nitrogen and oxygen atoms in total. The molecule has 1 unspecified atom stereocenters. The zero-order valence-electron chi connectivity index (χ0n) is 8.42. The van der Waals surface area contributed by atoms with Crippen LogP contribution in [0, 0.1) is 0 Å². The number of nitrogens with zero attached hydrogens (tertiary/aromatic N) is 1. The number of hydrogen-bond donors (Lipinski definition) is 2. The second-order valence-electron chi connectivity index (χ2n) is 3.17. The molecule has 1 aromatic rings. The van der Waals surface area contributed by atoms with E-state index in [4.69, 9.17) is 5.11 Å². The van der Waals surface area contributed by atoms with E-state index in [0.717, 1.165) is 5.56 Å². The first-order valence-corrected chi connectivity index (χ1v) is 6.21. The molecule has 15 heavy (non-hydrogen) atoms. The molecule has 1 aromatic heterocycles. The van der Waals surface area contributed by atoms with Crippen LogP contribution in [-0.2, 0) is 10.0 Å². The number of pyridine rings is 1. The number of hydrogen-bond acceptors (Lipinski definition) is 4. The summed E-state index contributed by atoms with van der Waals surface area (Å²) in [5.74, 6) is -0.280. The Morgan fingerprint density at radius 2 is 2.33 bits per heavy atom. The topological polar surface area (TPSA) is 79.3 Å². The van der Waals surface area contributed by atoms with Crippen LogP contribution in [0.15, 0.2) is 24.5 Å². The Bertz CT molecular complexity index is 391. The van der Waals surface area contributed by atoms with Crippen LogP contribution in [0.1, 0.15) is 18.5 Å². The molecule has 0 fully saturated rings. The molecule has 1 heterocycles. The lowest BCUT2D eigenvalue weighted by Crippen LogP contribution is -2.30. The summed E-state index contributed by atoms with van der Waals surface area (Å²) in [5.41, 5.74) is 0.791. The van der Waals surface area contributed by atoms with E-state index in [1.54, 1.807) is 31.5 Å². The van der Waals surface area contributed by atoms with Crippen LogP contribution < -0.4 is 4.72 Å². The van der Waals surface area contributed by atoms with Crippen molar-refractivity contribution >= 4 is 10.0 Å². The molecular weight excluding hydrogens is 216 g/mol. The van der Waals surface area contributed by atoms with Crippen LogP contribution in [0.3, 0.4) is 0 Å². The van der Waals surface area contributed by atoms with E-state index in [-0.39, 0.29) is 18.4 Å². The zero-order chi connectivity index (χ0) is 11.3. The van der Waals surface area contributed by atoms with Crippen molar-refractivity contribution in [2.24, 2.45) is 0 Å². The lowest BCUT2D eigenvalue weighted by Gasteiger charge is -2.13. The molecule has 0 aliphatic rings. The molecule has 0 aliphatic heterocycles. The number of rotatable bonds is 5. The highest BCUT2D eigenvalue weighted by Crippen LogP contribution is 2.10. The normalized spacial score (nSPS) is 13.7. The second-order valence-corrected chi connectivity index (χ2v) is 5.04. The predicted octanol–water partition coefficient (Wildman–Crippen LogP) is 0.0543. The molecule has 2 N–H and O–H groups in total. The van der Waals surface area contributed by atoms with E-state index in [1.807, 2.05) is 0 Å². The molecule has 0 bridgehead atoms. The van der Waals surface area contributed by atoms with Gasteiger partial charge in [-0.2, -0.15) is 0 Å². The highest BCUT2D eigenvalue weighted by atomic mass is 32.2. The average molecular weight is 230 g/mol. The molecule has 0 saturated carbocycles. The first-order valence-electron chi connectivity index (χ1n) is 4.56. The van der Waals surface area contributed by atoms with Crippen molar-refractivity contribution in [2.45, 2.75) is 13.0 Å². The summed E-state index contributed by atoms with van der Waals surface area (Å²) in [4.78, 5) is 3.90. The second kappa shape index (κ2) is 5.20. The Labute approximate surface area is 89.2 Å². The summed E-state index contributed by atoms with van der Waals surface area (Å²) in [6.45, 7) is 1.35. The zero-order valence-corrected chi connectivity index (χ0v) is 9.24. The Hall–Kier alpha value is -0.980. The van der Waals surface area contributed by atoms with E-state index < -0.39 is 10.0 Å². The minimum atomic E-state index is -3.41. The molecule has 0 saturated heterocycles.